The van der Waals surface area contributed by atoms with E-state index in [4.69, 9.17) is 5.39 Å². The molecule has 0 radical (unpaired) electrons. The van der Waals surface area contributed by atoms with Crippen LogP contribution in [0.1, 0.15) is 26.7 Å². The zero-order valence-electron chi connectivity index (χ0n) is 9.71. The number of rotatable bonds is 3. The monoisotopic (exact) mass is 240 g/mol. The van der Waals surface area contributed by atoms with Crippen LogP contribution >= 0.6 is 0 Å². The minimum Gasteiger partial charge on any atom is -0.475 e. The zero-order valence-corrected chi connectivity index (χ0v) is 9.71. The number of hydrogen-bond acceptors (Lipinski definition) is 5. The van der Waals surface area contributed by atoms with E-state index >= 15 is 0 Å². The van der Waals surface area contributed by atoms with Gasteiger partial charge in [0.2, 0.25) is 11.3 Å². The summed E-state index contributed by atoms with van der Waals surface area (Å²) < 4.78 is 4.67. The van der Waals surface area contributed by atoms with Crippen molar-refractivity contribution in [1.82, 2.24) is 4.90 Å². The molecule has 0 aromatic rings. The minimum atomic E-state index is -0.853. The van der Waals surface area contributed by atoms with Crippen molar-refractivity contribution in [3.63, 3.8) is 0 Å². The first-order valence-corrected chi connectivity index (χ1v) is 5.30. The van der Waals surface area contributed by atoms with E-state index in [1.54, 1.807) is 13.8 Å². The van der Waals surface area contributed by atoms with Crippen LogP contribution in [0.15, 0.2) is 11.6 Å². The normalized spacial score (nSPS) is 20.9. The fourth-order valence-electron chi connectivity index (χ4n) is 1.64. The van der Waals surface area contributed by atoms with E-state index in [-0.39, 0.29) is 25.0 Å². The van der Waals surface area contributed by atoms with Gasteiger partial charge in [-0.2, -0.15) is 0 Å². The van der Waals surface area contributed by atoms with Crippen molar-refractivity contribution < 1.29 is 19.4 Å². The molecule has 1 aliphatic rings. The minimum absolute atomic E-state index is 0.113. The maximum Gasteiger partial charge on any atom is 0.528 e. The highest BCUT2D eigenvalue weighted by atomic mass is 16.6. The average molecular weight is 240 g/mol. The molecule has 0 spiro atoms. The Kier molecular flexibility index (Phi) is 4.04. The standard InChI is InChI=1S/C10H13N3O4/c1-3-17-10(16)8(12-11)9(15)13-6(2)4-5-7(13)14/h6H,3-5H2,1-2H3/p+1. The fraction of sp³-hybridized carbons (Fsp3) is 0.600. The smallest absolute Gasteiger partial charge is 0.475 e. The van der Waals surface area contributed by atoms with Crippen LogP contribution in [-0.2, 0) is 14.3 Å². The van der Waals surface area contributed by atoms with Crippen LogP contribution in [0.5, 0.6) is 0 Å². The summed E-state index contributed by atoms with van der Waals surface area (Å²) >= 11 is 0. The highest BCUT2D eigenvalue weighted by Gasteiger charge is 2.43. The summed E-state index contributed by atoms with van der Waals surface area (Å²) in [6, 6.07) is -0.277. The molecule has 0 saturated carbocycles. The summed E-state index contributed by atoms with van der Waals surface area (Å²) in [6.07, 6.45) is 0.819. The molecular formula is C10H14N3O4+. The van der Waals surface area contributed by atoms with Crippen LogP contribution < -0.4 is 0 Å². The lowest BCUT2D eigenvalue weighted by Gasteiger charge is -2.15. The second-order valence-electron chi connectivity index (χ2n) is 3.64. The Morgan fingerprint density at radius 1 is 1.71 bits per heavy atom. The van der Waals surface area contributed by atoms with Crippen LogP contribution in [-0.4, -0.2) is 34.5 Å². The van der Waals surface area contributed by atoms with Gasteiger partial charge in [0.25, 0.3) is 0 Å². The van der Waals surface area contributed by atoms with E-state index in [1.165, 1.54) is 0 Å². The van der Waals surface area contributed by atoms with Crippen molar-refractivity contribution in [2.24, 2.45) is 0 Å². The molecule has 0 aliphatic carbocycles. The third-order valence-corrected chi connectivity index (χ3v) is 2.49. The van der Waals surface area contributed by atoms with Gasteiger partial charge < -0.3 is 9.84 Å². The number of aliphatic hydroxyl groups is 1. The van der Waals surface area contributed by atoms with Crippen molar-refractivity contribution in [3.05, 3.63) is 16.6 Å². The third kappa shape index (κ3) is 2.53. The summed E-state index contributed by atoms with van der Waals surface area (Å²) in [7, 11) is 0. The van der Waals surface area contributed by atoms with Crippen molar-refractivity contribution in [3.8, 4) is 0 Å². The van der Waals surface area contributed by atoms with E-state index in [2.05, 4.69) is 9.71 Å². The van der Waals surface area contributed by atoms with Gasteiger partial charge in [0.15, 0.2) is 4.98 Å². The van der Waals surface area contributed by atoms with Gasteiger partial charge in [0, 0.05) is 12.5 Å². The molecule has 7 nitrogen and oxygen atoms in total. The summed E-state index contributed by atoms with van der Waals surface area (Å²) in [4.78, 5) is 27.0. The summed E-state index contributed by atoms with van der Waals surface area (Å²) in [5, 5.41) is 18.1. The number of likely N-dealkylation sites (tertiary alicyclic amines) is 1. The number of ether oxygens (including phenoxy) is 1. The van der Waals surface area contributed by atoms with Gasteiger partial charge in [-0.15, -0.1) is 0 Å². The molecule has 1 rings (SSSR count). The molecule has 1 unspecified atom stereocenters. The Labute approximate surface area is 98.3 Å². The molecule has 1 N–H and O–H groups in total. The summed E-state index contributed by atoms with van der Waals surface area (Å²) in [5.74, 6) is -1.99. The van der Waals surface area contributed by atoms with Crippen molar-refractivity contribution >= 4 is 11.8 Å². The van der Waals surface area contributed by atoms with Crippen LogP contribution in [0.25, 0.3) is 4.98 Å². The van der Waals surface area contributed by atoms with Crippen LogP contribution in [0.4, 0.5) is 0 Å². The first-order chi connectivity index (χ1) is 8.02. The molecule has 0 bridgehead atoms. The van der Waals surface area contributed by atoms with E-state index in [0.717, 1.165) is 4.90 Å². The SMILES string of the molecule is CCO/C(O)=C(\[N+]#N)C(=O)N1C(=O)CCC1C. The number of nitrogens with zero attached hydrogens (tertiary/aromatic N) is 3. The Morgan fingerprint density at radius 2 is 2.35 bits per heavy atom. The largest absolute Gasteiger partial charge is 0.528 e. The Balaban J connectivity index is 2.99. The van der Waals surface area contributed by atoms with Crippen LogP contribution in [0, 0.1) is 5.39 Å². The van der Waals surface area contributed by atoms with Gasteiger partial charge >= 0.3 is 17.5 Å². The molecule has 92 valence electrons. The van der Waals surface area contributed by atoms with E-state index in [0.29, 0.717) is 6.42 Å². The topological polar surface area (TPSA) is 95.0 Å². The van der Waals surface area contributed by atoms with Gasteiger partial charge in [-0.25, -0.2) is 0 Å². The molecule has 7 heteroatoms. The van der Waals surface area contributed by atoms with Crippen molar-refractivity contribution in [2.75, 3.05) is 6.61 Å². The van der Waals surface area contributed by atoms with E-state index in [1.807, 2.05) is 0 Å². The van der Waals surface area contributed by atoms with Crippen molar-refractivity contribution in [2.45, 2.75) is 32.7 Å². The summed E-state index contributed by atoms with van der Waals surface area (Å²) in [5.41, 5.74) is -0.658. The first-order valence-electron chi connectivity index (χ1n) is 5.30. The first kappa shape index (κ1) is 13.0. The lowest BCUT2D eigenvalue weighted by molar-refractivity contribution is -0.141. The number of hydrogen-bond donors (Lipinski definition) is 1. The van der Waals surface area contributed by atoms with Gasteiger partial charge in [-0.1, -0.05) is 0 Å². The number of aliphatic hydroxyl groups excluding tert-OH is 1. The molecule has 2 amide bonds. The lowest BCUT2D eigenvalue weighted by atomic mass is 10.2. The maximum absolute atomic E-state index is 11.9. The van der Waals surface area contributed by atoms with Crippen molar-refractivity contribution in [1.29, 1.82) is 5.39 Å². The van der Waals surface area contributed by atoms with Crippen LogP contribution in [0.3, 0.4) is 0 Å². The Hall–Kier alpha value is -2.10. The second kappa shape index (κ2) is 5.30. The lowest BCUT2D eigenvalue weighted by Crippen LogP contribution is -2.38. The van der Waals surface area contributed by atoms with Gasteiger partial charge in [-0.3, -0.25) is 14.5 Å². The number of diazo groups is 1. The molecule has 0 aromatic carbocycles. The molecule has 0 aromatic heterocycles. The predicted octanol–water partition coefficient (Wildman–Crippen LogP) is 1.14. The third-order valence-electron chi connectivity index (χ3n) is 2.49. The molecule has 17 heavy (non-hydrogen) atoms. The molecule has 1 saturated heterocycles. The molecule has 1 heterocycles. The second-order valence-corrected chi connectivity index (χ2v) is 3.64. The predicted molar refractivity (Wildman–Crippen MR) is 56.9 cm³/mol. The summed E-state index contributed by atoms with van der Waals surface area (Å²) in [6.45, 7) is 3.41. The Bertz CT molecular complexity index is 410. The van der Waals surface area contributed by atoms with Gasteiger partial charge in [0.1, 0.15) is 0 Å². The average Bonchev–Trinajstić information content (AvgIpc) is 2.59. The molecular weight excluding hydrogens is 226 g/mol. The number of imide groups is 1. The zero-order chi connectivity index (χ0) is 13.0. The van der Waals surface area contributed by atoms with E-state index in [9.17, 15) is 14.7 Å². The number of carbonyl (C=O) groups excluding carboxylic acids is 2. The highest BCUT2D eigenvalue weighted by Crippen LogP contribution is 2.22. The number of carbonyl (C=O) groups is 2. The van der Waals surface area contributed by atoms with Crippen LogP contribution in [0.2, 0.25) is 0 Å². The number of amides is 2. The molecule has 1 aliphatic heterocycles. The molecule has 1 fully saturated rings. The van der Waals surface area contributed by atoms with E-state index < -0.39 is 17.5 Å². The van der Waals surface area contributed by atoms with Gasteiger partial charge in [-0.05, 0) is 20.3 Å². The highest BCUT2D eigenvalue weighted by molar-refractivity contribution is 6.06. The maximum atomic E-state index is 11.9. The fourth-order valence-corrected chi connectivity index (χ4v) is 1.64. The Morgan fingerprint density at radius 3 is 2.76 bits per heavy atom. The molecule has 1 atom stereocenters. The quantitative estimate of drug-likeness (QED) is 0.453. The van der Waals surface area contributed by atoms with Gasteiger partial charge in [0.05, 0.1) is 6.61 Å².